The molecule has 20 heavy (non-hydrogen) atoms. The van der Waals surface area contributed by atoms with Crippen LogP contribution in [0.2, 0.25) is 0 Å². The number of fused-ring (bicyclic) bond motifs is 1. The van der Waals surface area contributed by atoms with Crippen molar-refractivity contribution in [2.45, 2.75) is 32.2 Å². The number of thiophene rings is 1. The van der Waals surface area contributed by atoms with Crippen molar-refractivity contribution >= 4 is 33.2 Å². The maximum absolute atomic E-state index is 3.81. The van der Waals surface area contributed by atoms with Crippen LogP contribution in [0.5, 0.6) is 0 Å². The number of hydrogen-bond donors (Lipinski definition) is 1. The fourth-order valence-electron chi connectivity index (χ4n) is 3.03. The molecule has 1 aromatic heterocycles. The van der Waals surface area contributed by atoms with Crippen LogP contribution in [-0.2, 0) is 6.42 Å². The summed E-state index contributed by atoms with van der Waals surface area (Å²) in [6, 6.07) is 9.48. The summed E-state index contributed by atoms with van der Waals surface area (Å²) in [7, 11) is 0. The van der Waals surface area contributed by atoms with E-state index in [0.717, 1.165) is 12.5 Å². The van der Waals surface area contributed by atoms with E-state index in [4.69, 9.17) is 0 Å². The third-order valence-corrected chi connectivity index (χ3v) is 6.39. The van der Waals surface area contributed by atoms with Gasteiger partial charge in [-0.1, -0.05) is 25.1 Å². The Bertz CT molecular complexity index is 543. The Hall–Kier alpha value is -0.510. The second-order valence-electron chi connectivity index (χ2n) is 5.65. The number of hydrogen-bond acceptors (Lipinski definition) is 3. The second-order valence-corrected chi connectivity index (χ2v) is 7.71. The molecule has 2 atom stereocenters. The maximum Gasteiger partial charge on any atom is 0.0345 e. The lowest BCUT2D eigenvalue weighted by molar-refractivity contribution is 0.381. The standard InChI is InChI=1S/C17H23NS2/c1-2-8-18-16(13-7-9-19-11-13)10-14-12-20-17-6-4-3-5-15(14)17/h3-6,12-13,16,18H,2,7-11H2,1H3. The van der Waals surface area contributed by atoms with Crippen molar-refractivity contribution in [2.75, 3.05) is 18.1 Å². The van der Waals surface area contributed by atoms with Crippen molar-refractivity contribution in [3.63, 3.8) is 0 Å². The van der Waals surface area contributed by atoms with Gasteiger partial charge in [0, 0.05) is 10.7 Å². The van der Waals surface area contributed by atoms with Crippen LogP contribution >= 0.6 is 23.1 Å². The first-order valence-electron chi connectivity index (χ1n) is 7.64. The van der Waals surface area contributed by atoms with E-state index in [0.29, 0.717) is 6.04 Å². The molecule has 1 nitrogen and oxygen atoms in total. The first-order valence-corrected chi connectivity index (χ1v) is 9.68. The minimum atomic E-state index is 0.656. The highest BCUT2D eigenvalue weighted by atomic mass is 32.2. The van der Waals surface area contributed by atoms with Gasteiger partial charge in [-0.25, -0.2) is 0 Å². The molecule has 3 heteroatoms. The first kappa shape index (κ1) is 14.4. The molecule has 1 fully saturated rings. The summed E-state index contributed by atoms with van der Waals surface area (Å²) in [6.45, 7) is 3.40. The van der Waals surface area contributed by atoms with E-state index in [1.807, 2.05) is 11.3 Å². The summed E-state index contributed by atoms with van der Waals surface area (Å²) in [5, 5.41) is 7.64. The molecule has 0 spiro atoms. The fourth-order valence-corrected chi connectivity index (χ4v) is 5.35. The van der Waals surface area contributed by atoms with E-state index >= 15 is 0 Å². The average Bonchev–Trinajstić information content (AvgIpc) is 3.13. The van der Waals surface area contributed by atoms with Crippen LogP contribution in [0.15, 0.2) is 29.6 Å². The molecule has 2 heterocycles. The van der Waals surface area contributed by atoms with Crippen LogP contribution in [-0.4, -0.2) is 24.1 Å². The van der Waals surface area contributed by atoms with Crippen LogP contribution in [0.1, 0.15) is 25.3 Å². The number of rotatable bonds is 6. The summed E-state index contributed by atoms with van der Waals surface area (Å²) in [5.74, 6) is 3.54. The Balaban J connectivity index is 1.77. The minimum absolute atomic E-state index is 0.656. The van der Waals surface area contributed by atoms with Crippen molar-refractivity contribution in [3.8, 4) is 0 Å². The SMILES string of the molecule is CCCNC(Cc1csc2ccccc12)C1CCSC1. The first-order chi connectivity index (χ1) is 9.88. The maximum atomic E-state index is 3.81. The van der Waals surface area contributed by atoms with Crippen molar-refractivity contribution in [2.24, 2.45) is 5.92 Å². The molecular formula is C17H23NS2. The van der Waals surface area contributed by atoms with Gasteiger partial charge in [0.25, 0.3) is 0 Å². The van der Waals surface area contributed by atoms with Crippen molar-refractivity contribution < 1.29 is 0 Å². The van der Waals surface area contributed by atoms with Gasteiger partial charge in [0.05, 0.1) is 0 Å². The number of thioether (sulfide) groups is 1. The van der Waals surface area contributed by atoms with Crippen LogP contribution in [0.25, 0.3) is 10.1 Å². The van der Waals surface area contributed by atoms with Crippen molar-refractivity contribution in [1.82, 2.24) is 5.32 Å². The molecule has 1 N–H and O–H groups in total. The molecule has 108 valence electrons. The van der Waals surface area contributed by atoms with Gasteiger partial charge >= 0.3 is 0 Å². The molecule has 2 aromatic rings. The Morgan fingerprint density at radius 1 is 1.35 bits per heavy atom. The van der Waals surface area contributed by atoms with Gasteiger partial charge in [0.1, 0.15) is 0 Å². The largest absolute Gasteiger partial charge is 0.313 e. The number of nitrogens with one attached hydrogen (secondary N) is 1. The molecular weight excluding hydrogens is 282 g/mol. The summed E-state index contributed by atoms with van der Waals surface area (Å²) >= 11 is 4.01. The molecule has 0 bridgehead atoms. The molecule has 0 saturated carbocycles. The van der Waals surface area contributed by atoms with E-state index in [1.165, 1.54) is 46.4 Å². The van der Waals surface area contributed by atoms with Crippen LogP contribution in [0.4, 0.5) is 0 Å². The van der Waals surface area contributed by atoms with Gasteiger partial charge in [0.2, 0.25) is 0 Å². The zero-order chi connectivity index (χ0) is 13.8. The highest BCUT2D eigenvalue weighted by Crippen LogP contribution is 2.31. The van der Waals surface area contributed by atoms with Crippen LogP contribution < -0.4 is 5.32 Å². The predicted octanol–water partition coefficient (Wildman–Crippen LogP) is 4.57. The lowest BCUT2D eigenvalue weighted by Crippen LogP contribution is -2.38. The van der Waals surface area contributed by atoms with Gasteiger partial charge in [-0.15, -0.1) is 11.3 Å². The lowest BCUT2D eigenvalue weighted by Gasteiger charge is -2.24. The topological polar surface area (TPSA) is 12.0 Å². The molecule has 2 unspecified atom stereocenters. The lowest BCUT2D eigenvalue weighted by atomic mass is 9.92. The molecule has 3 rings (SSSR count). The summed E-state index contributed by atoms with van der Waals surface area (Å²) in [6.07, 6.45) is 3.80. The Morgan fingerprint density at radius 3 is 3.05 bits per heavy atom. The Labute approximate surface area is 130 Å². The third-order valence-electron chi connectivity index (χ3n) is 4.19. The zero-order valence-electron chi connectivity index (χ0n) is 12.1. The van der Waals surface area contributed by atoms with Crippen molar-refractivity contribution in [3.05, 3.63) is 35.2 Å². The van der Waals surface area contributed by atoms with Gasteiger partial charge in [-0.2, -0.15) is 11.8 Å². The molecule has 1 aliphatic heterocycles. The zero-order valence-corrected chi connectivity index (χ0v) is 13.7. The van der Waals surface area contributed by atoms with Gasteiger partial charge in [-0.05, 0) is 65.6 Å². The molecule has 1 saturated heterocycles. The average molecular weight is 306 g/mol. The predicted molar refractivity (Wildman–Crippen MR) is 93.0 cm³/mol. The fraction of sp³-hybridized carbons (Fsp3) is 0.529. The van der Waals surface area contributed by atoms with E-state index in [-0.39, 0.29) is 0 Å². The van der Waals surface area contributed by atoms with Crippen LogP contribution in [0, 0.1) is 5.92 Å². The minimum Gasteiger partial charge on any atom is -0.313 e. The third kappa shape index (κ3) is 3.21. The van der Waals surface area contributed by atoms with E-state index in [2.05, 4.69) is 53.6 Å². The van der Waals surface area contributed by atoms with E-state index in [9.17, 15) is 0 Å². The highest BCUT2D eigenvalue weighted by molar-refractivity contribution is 7.99. The summed E-state index contributed by atoms with van der Waals surface area (Å²) in [5.41, 5.74) is 1.54. The van der Waals surface area contributed by atoms with E-state index in [1.54, 1.807) is 0 Å². The second kappa shape index (κ2) is 6.97. The monoisotopic (exact) mass is 305 g/mol. The smallest absolute Gasteiger partial charge is 0.0345 e. The van der Waals surface area contributed by atoms with Gasteiger partial charge in [-0.3, -0.25) is 0 Å². The number of benzene rings is 1. The van der Waals surface area contributed by atoms with Gasteiger partial charge < -0.3 is 5.32 Å². The molecule has 0 amide bonds. The summed E-state index contributed by atoms with van der Waals surface area (Å²) < 4.78 is 1.43. The Kier molecular flexibility index (Phi) is 5.03. The highest BCUT2D eigenvalue weighted by Gasteiger charge is 2.25. The molecule has 0 radical (unpaired) electrons. The Morgan fingerprint density at radius 2 is 2.25 bits per heavy atom. The summed E-state index contributed by atoms with van der Waals surface area (Å²) in [4.78, 5) is 0. The van der Waals surface area contributed by atoms with Crippen LogP contribution in [0.3, 0.4) is 0 Å². The van der Waals surface area contributed by atoms with E-state index < -0.39 is 0 Å². The molecule has 0 aliphatic carbocycles. The quantitative estimate of drug-likeness (QED) is 0.839. The molecule has 1 aromatic carbocycles. The van der Waals surface area contributed by atoms with Crippen molar-refractivity contribution in [1.29, 1.82) is 0 Å². The normalized spacial score (nSPS) is 20.6. The van der Waals surface area contributed by atoms with Gasteiger partial charge in [0.15, 0.2) is 0 Å². The molecule has 1 aliphatic rings.